The van der Waals surface area contributed by atoms with Crippen molar-refractivity contribution in [3.8, 4) is 11.5 Å². The van der Waals surface area contributed by atoms with Gasteiger partial charge in [-0.15, -0.1) is 0 Å². The molecule has 0 aliphatic heterocycles. The van der Waals surface area contributed by atoms with Crippen LogP contribution >= 0.6 is 0 Å². The SMILES string of the molecule is COc1cc(C(=O)OC(C)c2ccc(F)cc2)c([N+](=O)[O-])cc1OC. The first-order valence-corrected chi connectivity index (χ1v) is 7.24. The first kappa shape index (κ1) is 18.2. The number of carbonyl (C=O) groups is 1. The Hall–Kier alpha value is -3.16. The standard InChI is InChI=1S/C17H16FNO6/c1-10(11-4-6-12(18)7-5-11)25-17(20)13-8-15(23-2)16(24-3)9-14(13)19(21)22/h4-10H,1-3H3. The van der Waals surface area contributed by atoms with Crippen LogP contribution in [0.2, 0.25) is 0 Å². The Balaban J connectivity index is 2.34. The zero-order chi connectivity index (χ0) is 18.6. The maximum Gasteiger partial charge on any atom is 0.345 e. The lowest BCUT2D eigenvalue weighted by Crippen LogP contribution is -2.12. The summed E-state index contributed by atoms with van der Waals surface area (Å²) in [7, 11) is 2.68. The summed E-state index contributed by atoms with van der Waals surface area (Å²) in [6.45, 7) is 1.58. The molecule has 132 valence electrons. The average molecular weight is 349 g/mol. The first-order chi connectivity index (χ1) is 11.9. The van der Waals surface area contributed by atoms with Crippen molar-refractivity contribution in [2.24, 2.45) is 0 Å². The van der Waals surface area contributed by atoms with E-state index in [0.717, 1.165) is 6.07 Å². The lowest BCUT2D eigenvalue weighted by molar-refractivity contribution is -0.385. The second kappa shape index (κ2) is 7.61. The third-order valence-corrected chi connectivity index (χ3v) is 3.54. The van der Waals surface area contributed by atoms with E-state index in [1.807, 2.05) is 0 Å². The van der Waals surface area contributed by atoms with Gasteiger partial charge in [-0.25, -0.2) is 9.18 Å². The molecular weight excluding hydrogens is 333 g/mol. The lowest BCUT2D eigenvalue weighted by atomic mass is 10.1. The van der Waals surface area contributed by atoms with Crippen LogP contribution in [0.1, 0.15) is 28.9 Å². The molecule has 0 heterocycles. The number of methoxy groups -OCH3 is 2. The van der Waals surface area contributed by atoms with Gasteiger partial charge in [-0.2, -0.15) is 0 Å². The van der Waals surface area contributed by atoms with Gasteiger partial charge in [0.2, 0.25) is 0 Å². The topological polar surface area (TPSA) is 87.9 Å². The van der Waals surface area contributed by atoms with Crippen LogP contribution in [-0.2, 0) is 4.74 Å². The van der Waals surface area contributed by atoms with E-state index in [1.165, 1.54) is 44.6 Å². The number of nitro groups is 1. The van der Waals surface area contributed by atoms with Crippen LogP contribution in [0.25, 0.3) is 0 Å². The van der Waals surface area contributed by atoms with Crippen molar-refractivity contribution in [1.29, 1.82) is 0 Å². The van der Waals surface area contributed by atoms with E-state index in [4.69, 9.17) is 14.2 Å². The van der Waals surface area contributed by atoms with Gasteiger partial charge in [-0.05, 0) is 24.6 Å². The number of nitrogens with zero attached hydrogens (tertiary/aromatic N) is 1. The smallest absolute Gasteiger partial charge is 0.345 e. The van der Waals surface area contributed by atoms with Crippen LogP contribution in [0, 0.1) is 15.9 Å². The van der Waals surface area contributed by atoms with Gasteiger partial charge in [0.25, 0.3) is 5.69 Å². The number of hydrogen-bond donors (Lipinski definition) is 0. The summed E-state index contributed by atoms with van der Waals surface area (Å²) >= 11 is 0. The van der Waals surface area contributed by atoms with Crippen molar-refractivity contribution in [1.82, 2.24) is 0 Å². The summed E-state index contributed by atoms with van der Waals surface area (Å²) in [5, 5.41) is 11.2. The molecule has 0 bridgehead atoms. The zero-order valence-electron chi connectivity index (χ0n) is 13.8. The Labute approximate surface area is 143 Å². The average Bonchev–Trinajstić information content (AvgIpc) is 2.60. The fourth-order valence-electron chi connectivity index (χ4n) is 2.21. The van der Waals surface area contributed by atoms with Crippen molar-refractivity contribution in [3.63, 3.8) is 0 Å². The van der Waals surface area contributed by atoms with E-state index >= 15 is 0 Å². The minimum absolute atomic E-state index is 0.123. The number of nitro benzene ring substituents is 1. The van der Waals surface area contributed by atoms with Gasteiger partial charge in [0, 0.05) is 6.07 Å². The summed E-state index contributed by atoms with van der Waals surface area (Å²) in [5.74, 6) is -1.03. The third-order valence-electron chi connectivity index (χ3n) is 3.54. The predicted octanol–water partition coefficient (Wildman–Crippen LogP) is 3.67. The van der Waals surface area contributed by atoms with Gasteiger partial charge in [-0.1, -0.05) is 12.1 Å². The van der Waals surface area contributed by atoms with Crippen molar-refractivity contribution in [2.45, 2.75) is 13.0 Å². The zero-order valence-corrected chi connectivity index (χ0v) is 13.8. The number of benzene rings is 2. The summed E-state index contributed by atoms with van der Waals surface area (Å²) in [4.78, 5) is 22.9. The van der Waals surface area contributed by atoms with Crippen LogP contribution in [0.15, 0.2) is 36.4 Å². The quantitative estimate of drug-likeness (QED) is 0.449. The van der Waals surface area contributed by atoms with Crippen molar-refractivity contribution < 1.29 is 28.3 Å². The van der Waals surface area contributed by atoms with E-state index in [9.17, 15) is 19.3 Å². The molecule has 0 saturated carbocycles. The molecule has 1 atom stereocenters. The highest BCUT2D eigenvalue weighted by molar-refractivity contribution is 5.95. The number of halogens is 1. The predicted molar refractivity (Wildman–Crippen MR) is 86.4 cm³/mol. The van der Waals surface area contributed by atoms with Gasteiger partial charge < -0.3 is 14.2 Å². The molecule has 0 N–H and O–H groups in total. The fourth-order valence-corrected chi connectivity index (χ4v) is 2.21. The van der Waals surface area contributed by atoms with Crippen molar-refractivity contribution in [2.75, 3.05) is 14.2 Å². The van der Waals surface area contributed by atoms with E-state index in [-0.39, 0.29) is 17.1 Å². The van der Waals surface area contributed by atoms with E-state index in [0.29, 0.717) is 5.56 Å². The fraction of sp³-hybridized carbons (Fsp3) is 0.235. The van der Waals surface area contributed by atoms with Crippen LogP contribution in [-0.4, -0.2) is 25.1 Å². The first-order valence-electron chi connectivity index (χ1n) is 7.24. The molecule has 0 radical (unpaired) electrons. The molecule has 0 aromatic heterocycles. The van der Waals surface area contributed by atoms with Gasteiger partial charge in [0.15, 0.2) is 11.5 Å². The molecule has 1 unspecified atom stereocenters. The summed E-state index contributed by atoms with van der Waals surface area (Å²) in [6, 6.07) is 7.69. The largest absolute Gasteiger partial charge is 0.493 e. The summed E-state index contributed by atoms with van der Waals surface area (Å²) < 4.78 is 28.3. The molecular formula is C17H16FNO6. The molecule has 25 heavy (non-hydrogen) atoms. The Morgan fingerprint density at radius 3 is 2.20 bits per heavy atom. The van der Waals surface area contributed by atoms with E-state index < -0.39 is 28.5 Å². The maximum atomic E-state index is 13.0. The minimum atomic E-state index is -0.899. The summed E-state index contributed by atoms with van der Waals surface area (Å²) in [5.41, 5.74) is -0.177. The number of ether oxygens (including phenoxy) is 3. The summed E-state index contributed by atoms with van der Waals surface area (Å²) in [6.07, 6.45) is -0.721. The van der Waals surface area contributed by atoms with Gasteiger partial charge in [-0.3, -0.25) is 10.1 Å². The minimum Gasteiger partial charge on any atom is -0.493 e. The molecule has 7 nitrogen and oxygen atoms in total. The normalized spacial score (nSPS) is 11.5. The lowest BCUT2D eigenvalue weighted by Gasteiger charge is -2.15. The highest BCUT2D eigenvalue weighted by Gasteiger charge is 2.27. The van der Waals surface area contributed by atoms with Gasteiger partial charge >= 0.3 is 5.97 Å². The second-order valence-corrected chi connectivity index (χ2v) is 5.08. The Bertz CT molecular complexity index is 790. The van der Waals surface area contributed by atoms with Crippen molar-refractivity contribution >= 4 is 11.7 Å². The third kappa shape index (κ3) is 4.03. The van der Waals surface area contributed by atoms with E-state index in [2.05, 4.69) is 0 Å². The highest BCUT2D eigenvalue weighted by atomic mass is 19.1. The molecule has 0 spiro atoms. The van der Waals surface area contributed by atoms with Crippen LogP contribution in [0.5, 0.6) is 11.5 Å². The molecule has 0 saturated heterocycles. The number of carbonyl (C=O) groups excluding carboxylic acids is 1. The van der Waals surface area contributed by atoms with Crippen molar-refractivity contribution in [3.05, 3.63) is 63.5 Å². The van der Waals surface area contributed by atoms with E-state index in [1.54, 1.807) is 6.92 Å². The monoisotopic (exact) mass is 349 g/mol. The Morgan fingerprint density at radius 2 is 1.68 bits per heavy atom. The van der Waals surface area contributed by atoms with Crippen LogP contribution < -0.4 is 9.47 Å². The highest BCUT2D eigenvalue weighted by Crippen LogP contribution is 2.35. The molecule has 0 fully saturated rings. The Morgan fingerprint density at radius 1 is 1.12 bits per heavy atom. The van der Waals surface area contributed by atoms with Gasteiger partial charge in [0.05, 0.1) is 25.2 Å². The second-order valence-electron chi connectivity index (χ2n) is 5.08. The van der Waals surface area contributed by atoms with Crippen LogP contribution in [0.3, 0.4) is 0 Å². The molecule has 0 aliphatic carbocycles. The molecule has 8 heteroatoms. The molecule has 2 aromatic rings. The molecule has 2 aromatic carbocycles. The molecule has 0 aliphatic rings. The number of esters is 1. The number of hydrogen-bond acceptors (Lipinski definition) is 6. The Kier molecular flexibility index (Phi) is 5.53. The molecule has 2 rings (SSSR count). The maximum absolute atomic E-state index is 13.0. The van der Waals surface area contributed by atoms with Gasteiger partial charge in [0.1, 0.15) is 17.5 Å². The number of rotatable bonds is 6. The van der Waals surface area contributed by atoms with Crippen LogP contribution in [0.4, 0.5) is 10.1 Å². The molecule has 0 amide bonds.